The van der Waals surface area contributed by atoms with Gasteiger partial charge in [-0.15, -0.1) is 0 Å². The van der Waals surface area contributed by atoms with Gasteiger partial charge in [0.15, 0.2) is 0 Å². The molecule has 21 heavy (non-hydrogen) atoms. The SMILES string of the molecule is CC1CCC(C(C)C)C([B]C2CC(C)CCC2C(C)C)C1. The van der Waals surface area contributed by atoms with E-state index in [9.17, 15) is 0 Å². The van der Waals surface area contributed by atoms with Crippen molar-refractivity contribution in [1.82, 2.24) is 0 Å². The number of hydrogen-bond donors (Lipinski definition) is 0. The van der Waals surface area contributed by atoms with E-state index in [1.54, 1.807) is 0 Å². The summed E-state index contributed by atoms with van der Waals surface area (Å²) in [6.07, 6.45) is 8.77. The summed E-state index contributed by atoms with van der Waals surface area (Å²) in [6, 6.07) is 0. The largest absolute Gasteiger partial charge is 0.118 e. The lowest BCUT2D eigenvalue weighted by atomic mass is 9.41. The van der Waals surface area contributed by atoms with E-state index in [1.807, 2.05) is 0 Å². The summed E-state index contributed by atoms with van der Waals surface area (Å²) < 4.78 is 0. The van der Waals surface area contributed by atoms with Gasteiger partial charge in [0.05, 0.1) is 0 Å². The molecule has 1 heteroatoms. The minimum atomic E-state index is 0.859. The van der Waals surface area contributed by atoms with Gasteiger partial charge in [-0.25, -0.2) is 0 Å². The first-order valence-electron chi connectivity index (χ1n) is 9.73. The molecule has 0 amide bonds. The van der Waals surface area contributed by atoms with Crippen molar-refractivity contribution in [2.75, 3.05) is 0 Å². The van der Waals surface area contributed by atoms with Crippen molar-refractivity contribution < 1.29 is 0 Å². The van der Waals surface area contributed by atoms with Crippen molar-refractivity contribution in [3.8, 4) is 0 Å². The molecule has 0 aromatic rings. The summed E-state index contributed by atoms with van der Waals surface area (Å²) in [6.45, 7) is 14.7. The zero-order chi connectivity index (χ0) is 15.6. The molecular weight excluding hydrogens is 251 g/mol. The van der Waals surface area contributed by atoms with Gasteiger partial charge >= 0.3 is 0 Å². The van der Waals surface area contributed by atoms with Crippen LogP contribution in [-0.2, 0) is 0 Å². The highest BCUT2D eigenvalue weighted by atomic mass is 14.4. The van der Waals surface area contributed by atoms with E-state index >= 15 is 0 Å². The third-order valence-electron chi connectivity index (χ3n) is 6.64. The van der Waals surface area contributed by atoms with Gasteiger partial charge in [-0.05, 0) is 35.5 Å². The fourth-order valence-electron chi connectivity index (χ4n) is 5.31. The number of rotatable bonds is 4. The van der Waals surface area contributed by atoms with Crippen LogP contribution in [0.3, 0.4) is 0 Å². The van der Waals surface area contributed by atoms with Gasteiger partial charge in [0, 0.05) is 0 Å². The van der Waals surface area contributed by atoms with Crippen molar-refractivity contribution in [2.24, 2.45) is 35.5 Å². The molecule has 0 spiro atoms. The fourth-order valence-corrected chi connectivity index (χ4v) is 5.31. The quantitative estimate of drug-likeness (QED) is 0.521. The van der Waals surface area contributed by atoms with Crippen molar-refractivity contribution in [1.29, 1.82) is 0 Å². The molecule has 0 aliphatic heterocycles. The maximum absolute atomic E-state index is 2.86. The summed E-state index contributed by atoms with van der Waals surface area (Å²) in [7, 11) is 2.86. The molecule has 2 aliphatic rings. The first kappa shape index (κ1) is 17.4. The third kappa shape index (κ3) is 4.52. The van der Waals surface area contributed by atoms with Gasteiger partial charge in [-0.2, -0.15) is 0 Å². The molecule has 6 unspecified atom stereocenters. The topological polar surface area (TPSA) is 0 Å². The minimum absolute atomic E-state index is 0.859. The lowest BCUT2D eigenvalue weighted by Gasteiger charge is -2.43. The van der Waals surface area contributed by atoms with Gasteiger partial charge in [0.2, 0.25) is 0 Å². The molecule has 6 atom stereocenters. The van der Waals surface area contributed by atoms with Crippen LogP contribution in [-0.4, -0.2) is 7.28 Å². The van der Waals surface area contributed by atoms with Crippen LogP contribution in [0.15, 0.2) is 0 Å². The predicted molar refractivity (Wildman–Crippen MR) is 95.9 cm³/mol. The van der Waals surface area contributed by atoms with Gasteiger partial charge in [-0.3, -0.25) is 0 Å². The van der Waals surface area contributed by atoms with Crippen LogP contribution in [0.2, 0.25) is 11.6 Å². The number of hydrogen-bond acceptors (Lipinski definition) is 0. The van der Waals surface area contributed by atoms with E-state index in [4.69, 9.17) is 0 Å². The van der Waals surface area contributed by atoms with Crippen LogP contribution in [0.5, 0.6) is 0 Å². The molecule has 0 aromatic heterocycles. The summed E-state index contributed by atoms with van der Waals surface area (Å²) in [5, 5.41) is 0. The summed E-state index contributed by atoms with van der Waals surface area (Å²) in [5.74, 6) is 7.29. The maximum Gasteiger partial charge on any atom is 0.118 e. The average Bonchev–Trinajstić information content (AvgIpc) is 2.38. The standard InChI is InChI=1S/C20H38B/c1-13(2)17-9-7-15(5)11-19(17)21-20-12-16(6)8-10-18(20)14(3)4/h13-20H,7-12H2,1-6H3. The summed E-state index contributed by atoms with van der Waals surface area (Å²) >= 11 is 0. The molecule has 2 saturated carbocycles. The third-order valence-corrected chi connectivity index (χ3v) is 6.64. The Morgan fingerprint density at radius 2 is 1.05 bits per heavy atom. The minimum Gasteiger partial charge on any atom is -0.0653 e. The van der Waals surface area contributed by atoms with Crippen LogP contribution >= 0.6 is 0 Å². The molecule has 0 heterocycles. The molecule has 0 aromatic carbocycles. The Kier molecular flexibility index (Phi) is 6.27. The van der Waals surface area contributed by atoms with Crippen LogP contribution in [0.1, 0.15) is 80.1 Å². The molecular formula is C20H38B. The highest BCUT2D eigenvalue weighted by Gasteiger charge is 2.37. The van der Waals surface area contributed by atoms with Crippen molar-refractivity contribution >= 4 is 7.28 Å². The second-order valence-corrected chi connectivity index (χ2v) is 9.17. The van der Waals surface area contributed by atoms with Crippen LogP contribution in [0.25, 0.3) is 0 Å². The van der Waals surface area contributed by atoms with Gasteiger partial charge < -0.3 is 0 Å². The second-order valence-electron chi connectivity index (χ2n) is 9.17. The highest BCUT2D eigenvalue weighted by Crippen LogP contribution is 2.48. The second kappa shape index (κ2) is 7.56. The van der Waals surface area contributed by atoms with E-state index in [0.717, 1.165) is 47.1 Å². The monoisotopic (exact) mass is 289 g/mol. The average molecular weight is 289 g/mol. The van der Waals surface area contributed by atoms with Crippen molar-refractivity contribution in [2.45, 2.75) is 91.7 Å². The molecule has 0 bridgehead atoms. The molecule has 2 aliphatic carbocycles. The molecule has 1 radical (unpaired) electrons. The Bertz CT molecular complexity index is 279. The maximum atomic E-state index is 2.86. The summed E-state index contributed by atoms with van der Waals surface area (Å²) in [4.78, 5) is 0. The zero-order valence-corrected chi connectivity index (χ0v) is 15.4. The van der Waals surface area contributed by atoms with Gasteiger partial charge in [0.1, 0.15) is 7.28 Å². The molecule has 2 fully saturated rings. The Hall–Kier alpha value is 0.0649. The molecule has 0 saturated heterocycles. The Labute approximate surface area is 135 Å². The smallest absolute Gasteiger partial charge is 0.0653 e. The van der Waals surface area contributed by atoms with Crippen LogP contribution < -0.4 is 0 Å². The van der Waals surface area contributed by atoms with E-state index in [0.29, 0.717) is 0 Å². The lowest BCUT2D eigenvalue weighted by Crippen LogP contribution is -2.34. The van der Waals surface area contributed by atoms with E-state index in [2.05, 4.69) is 48.8 Å². The van der Waals surface area contributed by atoms with Gasteiger partial charge in [-0.1, -0.05) is 91.7 Å². The van der Waals surface area contributed by atoms with Crippen LogP contribution in [0.4, 0.5) is 0 Å². The lowest BCUT2D eigenvalue weighted by molar-refractivity contribution is 0.212. The fraction of sp³-hybridized carbons (Fsp3) is 1.00. The van der Waals surface area contributed by atoms with Crippen molar-refractivity contribution in [3.63, 3.8) is 0 Å². The molecule has 0 nitrogen and oxygen atoms in total. The van der Waals surface area contributed by atoms with E-state index in [1.165, 1.54) is 38.5 Å². The Balaban J connectivity index is 2.04. The first-order valence-corrected chi connectivity index (χ1v) is 9.73. The summed E-state index contributed by atoms with van der Waals surface area (Å²) in [5.41, 5.74) is 0. The zero-order valence-electron chi connectivity index (χ0n) is 15.4. The van der Waals surface area contributed by atoms with E-state index < -0.39 is 0 Å². The van der Waals surface area contributed by atoms with E-state index in [-0.39, 0.29) is 0 Å². The normalized spacial score (nSPS) is 41.5. The molecule has 121 valence electrons. The van der Waals surface area contributed by atoms with Gasteiger partial charge in [0.25, 0.3) is 0 Å². The molecule has 2 rings (SSSR count). The Morgan fingerprint density at radius 1 is 0.667 bits per heavy atom. The van der Waals surface area contributed by atoms with Crippen LogP contribution in [0, 0.1) is 35.5 Å². The molecule has 0 N–H and O–H groups in total. The first-order chi connectivity index (χ1) is 9.88. The predicted octanol–water partition coefficient (Wildman–Crippen LogP) is 6.45. The van der Waals surface area contributed by atoms with Crippen molar-refractivity contribution in [3.05, 3.63) is 0 Å². The highest BCUT2D eigenvalue weighted by molar-refractivity contribution is 6.40. The Morgan fingerprint density at radius 3 is 1.38 bits per heavy atom.